The average Bonchev–Trinajstić information content (AvgIpc) is 2.39. The molecule has 1 aromatic heterocycles. The molecular weight excluding hydrogens is 266 g/mol. The predicted molar refractivity (Wildman–Crippen MR) is 78.7 cm³/mol. The zero-order valence-corrected chi connectivity index (χ0v) is 11.1. The van der Waals surface area contributed by atoms with E-state index in [0.717, 1.165) is 10.6 Å². The van der Waals surface area contributed by atoms with Gasteiger partial charge in [0.1, 0.15) is 5.82 Å². The Hall–Kier alpha value is -1.65. The van der Waals surface area contributed by atoms with E-state index in [1.807, 2.05) is 42.5 Å². The van der Waals surface area contributed by atoms with Gasteiger partial charge in [-0.25, -0.2) is 4.98 Å². The maximum atomic E-state index is 6.05. The third-order valence-corrected chi connectivity index (χ3v) is 2.92. The number of anilines is 1. The maximum Gasteiger partial charge on any atom is 0.172 e. The van der Waals surface area contributed by atoms with Crippen molar-refractivity contribution in [1.29, 1.82) is 0 Å². The quantitative estimate of drug-likeness (QED) is 0.845. The fourth-order valence-electron chi connectivity index (χ4n) is 1.41. The van der Waals surface area contributed by atoms with Crippen LogP contribution in [0.1, 0.15) is 5.56 Å². The van der Waals surface area contributed by atoms with E-state index in [0.29, 0.717) is 17.5 Å². The van der Waals surface area contributed by atoms with Crippen molar-refractivity contribution in [2.75, 3.05) is 5.32 Å². The number of pyridine rings is 1. The van der Waals surface area contributed by atoms with Gasteiger partial charge in [0.05, 0.1) is 0 Å². The SMILES string of the molecule is S=C(NCc1ccccc1Cl)Nc1ccccn1. The van der Waals surface area contributed by atoms with Gasteiger partial charge in [-0.2, -0.15) is 0 Å². The molecule has 2 N–H and O–H groups in total. The lowest BCUT2D eigenvalue weighted by Crippen LogP contribution is -2.28. The minimum absolute atomic E-state index is 0.522. The Bertz CT molecular complexity index is 531. The van der Waals surface area contributed by atoms with Crippen molar-refractivity contribution in [2.45, 2.75) is 6.54 Å². The second-order valence-corrected chi connectivity index (χ2v) is 4.43. The second-order valence-electron chi connectivity index (χ2n) is 3.61. The van der Waals surface area contributed by atoms with Crippen molar-refractivity contribution in [3.63, 3.8) is 0 Å². The summed E-state index contributed by atoms with van der Waals surface area (Å²) in [6.45, 7) is 0.582. The lowest BCUT2D eigenvalue weighted by molar-refractivity contribution is 0.925. The molecule has 2 rings (SSSR count). The number of nitrogens with zero attached hydrogens (tertiary/aromatic N) is 1. The number of benzene rings is 1. The molecule has 0 saturated heterocycles. The summed E-state index contributed by atoms with van der Waals surface area (Å²) < 4.78 is 0. The Kier molecular flexibility index (Phi) is 4.50. The molecule has 2 aromatic rings. The van der Waals surface area contributed by atoms with Gasteiger partial charge in [-0.15, -0.1) is 0 Å². The van der Waals surface area contributed by atoms with Crippen LogP contribution in [-0.2, 0) is 6.54 Å². The highest BCUT2D eigenvalue weighted by Gasteiger charge is 2.01. The molecule has 0 bridgehead atoms. The first kappa shape index (κ1) is 12.8. The molecule has 0 radical (unpaired) electrons. The predicted octanol–water partition coefficient (Wildman–Crippen LogP) is 3.22. The van der Waals surface area contributed by atoms with Crippen molar-refractivity contribution in [3.8, 4) is 0 Å². The van der Waals surface area contributed by atoms with Gasteiger partial charge in [-0.05, 0) is 36.0 Å². The molecule has 0 spiro atoms. The van der Waals surface area contributed by atoms with Crippen molar-refractivity contribution in [2.24, 2.45) is 0 Å². The number of hydrogen-bond donors (Lipinski definition) is 2. The molecule has 0 aliphatic heterocycles. The van der Waals surface area contributed by atoms with Gasteiger partial charge >= 0.3 is 0 Å². The van der Waals surface area contributed by atoms with E-state index in [2.05, 4.69) is 15.6 Å². The van der Waals surface area contributed by atoms with Gasteiger partial charge in [0.25, 0.3) is 0 Å². The second kappa shape index (κ2) is 6.33. The molecule has 18 heavy (non-hydrogen) atoms. The van der Waals surface area contributed by atoms with Crippen LogP contribution in [0.3, 0.4) is 0 Å². The van der Waals surface area contributed by atoms with E-state index < -0.39 is 0 Å². The average molecular weight is 278 g/mol. The maximum absolute atomic E-state index is 6.05. The molecule has 0 amide bonds. The molecule has 0 aliphatic rings. The normalized spacial score (nSPS) is 9.83. The first-order valence-electron chi connectivity index (χ1n) is 5.45. The Labute approximate surface area is 116 Å². The van der Waals surface area contributed by atoms with Crippen LogP contribution in [0, 0.1) is 0 Å². The Morgan fingerprint density at radius 1 is 1.17 bits per heavy atom. The Balaban J connectivity index is 1.88. The molecule has 0 unspecified atom stereocenters. The van der Waals surface area contributed by atoms with Crippen molar-refractivity contribution in [3.05, 3.63) is 59.2 Å². The summed E-state index contributed by atoms with van der Waals surface area (Å²) in [5.41, 5.74) is 1.00. The van der Waals surface area contributed by atoms with Crippen LogP contribution in [0.5, 0.6) is 0 Å². The zero-order valence-electron chi connectivity index (χ0n) is 9.56. The minimum Gasteiger partial charge on any atom is -0.358 e. The molecule has 5 heteroatoms. The number of rotatable bonds is 3. The number of nitrogens with one attached hydrogen (secondary N) is 2. The third kappa shape index (κ3) is 3.68. The highest BCUT2D eigenvalue weighted by molar-refractivity contribution is 7.80. The van der Waals surface area contributed by atoms with Crippen LogP contribution in [-0.4, -0.2) is 10.1 Å². The van der Waals surface area contributed by atoms with Crippen LogP contribution in [0.4, 0.5) is 5.82 Å². The van der Waals surface area contributed by atoms with E-state index in [-0.39, 0.29) is 0 Å². The lowest BCUT2D eigenvalue weighted by Gasteiger charge is -2.10. The highest BCUT2D eigenvalue weighted by atomic mass is 35.5. The van der Waals surface area contributed by atoms with Crippen LogP contribution in [0.15, 0.2) is 48.7 Å². The van der Waals surface area contributed by atoms with Crippen molar-refractivity contribution < 1.29 is 0 Å². The fourth-order valence-corrected chi connectivity index (χ4v) is 1.79. The van der Waals surface area contributed by atoms with Crippen molar-refractivity contribution in [1.82, 2.24) is 10.3 Å². The summed E-state index contributed by atoms with van der Waals surface area (Å²) in [7, 11) is 0. The summed E-state index contributed by atoms with van der Waals surface area (Å²) in [6.07, 6.45) is 1.71. The highest BCUT2D eigenvalue weighted by Crippen LogP contribution is 2.14. The smallest absolute Gasteiger partial charge is 0.172 e. The monoisotopic (exact) mass is 277 g/mol. The standard InChI is InChI=1S/C13H12ClN3S/c14-11-6-2-1-5-10(11)9-16-13(18)17-12-7-3-4-8-15-12/h1-8H,9H2,(H2,15,16,17,18). The fraction of sp³-hybridized carbons (Fsp3) is 0.0769. The lowest BCUT2D eigenvalue weighted by atomic mass is 10.2. The van der Waals surface area contributed by atoms with Gasteiger partial charge < -0.3 is 10.6 Å². The third-order valence-electron chi connectivity index (χ3n) is 2.30. The molecule has 0 fully saturated rings. The first-order valence-corrected chi connectivity index (χ1v) is 6.23. The van der Waals surface area contributed by atoms with E-state index in [1.165, 1.54) is 0 Å². The summed E-state index contributed by atoms with van der Waals surface area (Å²) in [6, 6.07) is 13.3. The molecule has 3 nitrogen and oxygen atoms in total. The number of hydrogen-bond acceptors (Lipinski definition) is 2. The molecule has 0 saturated carbocycles. The summed E-state index contributed by atoms with van der Waals surface area (Å²) in [4.78, 5) is 4.13. The van der Waals surface area contributed by atoms with Gasteiger partial charge in [-0.3, -0.25) is 0 Å². The van der Waals surface area contributed by atoms with Gasteiger partial charge in [0, 0.05) is 17.8 Å². The molecule has 1 heterocycles. The number of halogens is 1. The Morgan fingerprint density at radius 3 is 2.67 bits per heavy atom. The van der Waals surface area contributed by atoms with Crippen LogP contribution < -0.4 is 10.6 Å². The van der Waals surface area contributed by atoms with E-state index in [9.17, 15) is 0 Å². The van der Waals surface area contributed by atoms with Gasteiger partial charge in [-0.1, -0.05) is 35.9 Å². The van der Waals surface area contributed by atoms with Crippen LogP contribution >= 0.6 is 23.8 Å². The Morgan fingerprint density at radius 2 is 1.94 bits per heavy atom. The molecule has 0 atom stereocenters. The molecule has 92 valence electrons. The summed E-state index contributed by atoms with van der Waals surface area (Å²) >= 11 is 11.2. The minimum atomic E-state index is 0.522. The molecular formula is C13H12ClN3S. The topological polar surface area (TPSA) is 37.0 Å². The largest absolute Gasteiger partial charge is 0.358 e. The van der Waals surface area contributed by atoms with Crippen LogP contribution in [0.25, 0.3) is 0 Å². The van der Waals surface area contributed by atoms with E-state index in [1.54, 1.807) is 6.20 Å². The van der Waals surface area contributed by atoms with Crippen LogP contribution in [0.2, 0.25) is 5.02 Å². The van der Waals surface area contributed by atoms with E-state index in [4.69, 9.17) is 23.8 Å². The van der Waals surface area contributed by atoms with Gasteiger partial charge in [0.15, 0.2) is 5.11 Å². The molecule has 1 aromatic carbocycles. The summed E-state index contributed by atoms with van der Waals surface area (Å²) in [5.74, 6) is 0.717. The van der Waals surface area contributed by atoms with Gasteiger partial charge in [0.2, 0.25) is 0 Å². The number of aromatic nitrogens is 1. The first-order chi connectivity index (χ1) is 8.75. The van der Waals surface area contributed by atoms with Crippen molar-refractivity contribution >= 4 is 34.7 Å². The van der Waals surface area contributed by atoms with E-state index >= 15 is 0 Å². The zero-order chi connectivity index (χ0) is 12.8. The number of thiocarbonyl (C=S) groups is 1. The summed E-state index contributed by atoms with van der Waals surface area (Å²) in [5, 5.41) is 7.33. The molecule has 0 aliphatic carbocycles.